The summed E-state index contributed by atoms with van der Waals surface area (Å²) in [4.78, 5) is 0. The third-order valence-corrected chi connectivity index (χ3v) is 5.84. The molecule has 0 atom stereocenters. The number of aryl methyl sites for hydroxylation is 1. The minimum absolute atomic E-state index is 0.0649. The van der Waals surface area contributed by atoms with Crippen LogP contribution in [0.1, 0.15) is 22.5 Å². The van der Waals surface area contributed by atoms with Crippen molar-refractivity contribution in [2.75, 3.05) is 4.72 Å². The predicted molar refractivity (Wildman–Crippen MR) is 108 cm³/mol. The predicted octanol–water partition coefficient (Wildman–Crippen LogP) is 4.25. The van der Waals surface area contributed by atoms with Crippen LogP contribution >= 0.6 is 15.9 Å². The van der Waals surface area contributed by atoms with Crippen LogP contribution in [0.2, 0.25) is 0 Å². The van der Waals surface area contributed by atoms with Gasteiger partial charge in [-0.15, -0.1) is 0 Å². The first kappa shape index (κ1) is 18.7. The van der Waals surface area contributed by atoms with E-state index in [1.807, 2.05) is 61.0 Å². The van der Waals surface area contributed by atoms with Gasteiger partial charge in [0.25, 0.3) is 0 Å². The molecule has 0 amide bonds. The van der Waals surface area contributed by atoms with Gasteiger partial charge in [0.1, 0.15) is 0 Å². The molecule has 5 nitrogen and oxygen atoms in total. The van der Waals surface area contributed by atoms with Gasteiger partial charge in [-0.1, -0.05) is 58.4 Å². The zero-order valence-electron chi connectivity index (χ0n) is 14.6. The highest BCUT2D eigenvalue weighted by Crippen LogP contribution is 2.23. The second-order valence-electron chi connectivity index (χ2n) is 6.18. The lowest BCUT2D eigenvalue weighted by atomic mass is 10.2. The van der Waals surface area contributed by atoms with E-state index in [2.05, 4.69) is 25.8 Å². The highest BCUT2D eigenvalue weighted by atomic mass is 79.9. The van der Waals surface area contributed by atoms with Crippen molar-refractivity contribution in [1.82, 2.24) is 9.78 Å². The number of rotatable bonds is 6. The number of aromatic nitrogens is 2. The highest BCUT2D eigenvalue weighted by molar-refractivity contribution is 9.10. The molecule has 0 aliphatic rings. The SMILES string of the molecule is Cc1nn(Cc2ccc(Br)cc2)c(C)c1NS(=O)(=O)Cc1ccccc1. The summed E-state index contributed by atoms with van der Waals surface area (Å²) >= 11 is 3.42. The average molecular weight is 434 g/mol. The van der Waals surface area contributed by atoms with Gasteiger partial charge in [0.05, 0.1) is 29.4 Å². The Morgan fingerprint density at radius 2 is 1.65 bits per heavy atom. The zero-order valence-corrected chi connectivity index (χ0v) is 17.0. The summed E-state index contributed by atoms with van der Waals surface area (Å²) in [6, 6.07) is 17.1. The molecule has 0 radical (unpaired) electrons. The quantitative estimate of drug-likeness (QED) is 0.631. The number of hydrogen-bond acceptors (Lipinski definition) is 3. The Morgan fingerprint density at radius 1 is 1.00 bits per heavy atom. The first-order chi connectivity index (χ1) is 12.3. The van der Waals surface area contributed by atoms with E-state index in [-0.39, 0.29) is 5.75 Å². The average Bonchev–Trinajstić information content (AvgIpc) is 2.84. The number of benzene rings is 2. The highest BCUT2D eigenvalue weighted by Gasteiger charge is 2.18. The monoisotopic (exact) mass is 433 g/mol. The Balaban J connectivity index is 1.80. The summed E-state index contributed by atoms with van der Waals surface area (Å²) in [7, 11) is -3.51. The molecule has 0 aliphatic carbocycles. The van der Waals surface area contributed by atoms with Gasteiger partial charge in [0, 0.05) is 4.47 Å². The van der Waals surface area contributed by atoms with Crippen molar-refractivity contribution >= 4 is 31.6 Å². The molecular weight excluding hydrogens is 414 g/mol. The number of nitrogens with zero attached hydrogens (tertiary/aromatic N) is 2. The molecule has 0 aliphatic heterocycles. The number of halogens is 1. The van der Waals surface area contributed by atoms with Gasteiger partial charge in [-0.25, -0.2) is 8.42 Å². The Kier molecular flexibility index (Phi) is 5.48. The molecule has 1 heterocycles. The summed E-state index contributed by atoms with van der Waals surface area (Å²) in [6.45, 7) is 4.27. The molecule has 7 heteroatoms. The van der Waals surface area contributed by atoms with Crippen LogP contribution in [0.5, 0.6) is 0 Å². The maximum absolute atomic E-state index is 12.5. The van der Waals surface area contributed by atoms with E-state index in [1.165, 1.54) is 0 Å². The van der Waals surface area contributed by atoms with Crippen LogP contribution in [-0.4, -0.2) is 18.2 Å². The molecule has 3 rings (SSSR count). The molecular formula is C19H20BrN3O2S. The van der Waals surface area contributed by atoms with E-state index in [9.17, 15) is 8.42 Å². The van der Waals surface area contributed by atoms with Crippen molar-refractivity contribution in [2.45, 2.75) is 26.1 Å². The van der Waals surface area contributed by atoms with Crippen LogP contribution in [-0.2, 0) is 22.3 Å². The van der Waals surface area contributed by atoms with Crippen LogP contribution < -0.4 is 4.72 Å². The lowest BCUT2D eigenvalue weighted by Gasteiger charge is -2.09. The van der Waals surface area contributed by atoms with E-state index in [4.69, 9.17) is 0 Å². The lowest BCUT2D eigenvalue weighted by molar-refractivity contribution is 0.600. The number of nitrogens with one attached hydrogen (secondary N) is 1. The number of anilines is 1. The van der Waals surface area contributed by atoms with E-state index in [1.54, 1.807) is 12.1 Å². The molecule has 0 bridgehead atoms. The van der Waals surface area contributed by atoms with Gasteiger partial charge in [-0.2, -0.15) is 5.10 Å². The van der Waals surface area contributed by atoms with Crippen molar-refractivity contribution in [3.63, 3.8) is 0 Å². The summed E-state index contributed by atoms with van der Waals surface area (Å²) in [5.74, 6) is -0.0649. The Bertz CT molecular complexity index is 997. The summed E-state index contributed by atoms with van der Waals surface area (Å²) in [6.07, 6.45) is 0. The summed E-state index contributed by atoms with van der Waals surface area (Å²) < 4.78 is 30.6. The number of hydrogen-bond donors (Lipinski definition) is 1. The summed E-state index contributed by atoms with van der Waals surface area (Å²) in [5, 5.41) is 4.50. The topological polar surface area (TPSA) is 64.0 Å². The standard InChI is InChI=1S/C19H20BrN3O2S/c1-14-19(22-26(24,25)13-17-6-4-3-5-7-17)15(2)23(21-14)12-16-8-10-18(20)11-9-16/h3-11,22H,12-13H2,1-2H3. The fraction of sp³-hybridized carbons (Fsp3) is 0.211. The Morgan fingerprint density at radius 3 is 2.31 bits per heavy atom. The van der Waals surface area contributed by atoms with Crippen molar-refractivity contribution in [3.8, 4) is 0 Å². The van der Waals surface area contributed by atoms with Gasteiger partial charge in [0.15, 0.2) is 0 Å². The molecule has 0 saturated heterocycles. The Labute approximate surface area is 162 Å². The third kappa shape index (κ3) is 4.53. The largest absolute Gasteiger partial charge is 0.280 e. The van der Waals surface area contributed by atoms with E-state index in [0.717, 1.165) is 21.3 Å². The maximum atomic E-state index is 12.5. The van der Waals surface area contributed by atoms with Gasteiger partial charge >= 0.3 is 0 Å². The fourth-order valence-corrected chi connectivity index (χ4v) is 4.32. The van der Waals surface area contributed by atoms with Gasteiger partial charge < -0.3 is 0 Å². The molecule has 0 fully saturated rings. The molecule has 26 heavy (non-hydrogen) atoms. The van der Waals surface area contributed by atoms with Crippen molar-refractivity contribution in [1.29, 1.82) is 0 Å². The second kappa shape index (κ2) is 7.63. The van der Waals surface area contributed by atoms with E-state index >= 15 is 0 Å². The Hall–Kier alpha value is -2.12. The zero-order chi connectivity index (χ0) is 18.7. The van der Waals surface area contributed by atoms with Crippen molar-refractivity contribution < 1.29 is 8.42 Å². The smallest absolute Gasteiger partial charge is 0.237 e. The van der Waals surface area contributed by atoms with Crippen LogP contribution in [0, 0.1) is 13.8 Å². The molecule has 2 aromatic carbocycles. The molecule has 1 aromatic heterocycles. The van der Waals surface area contributed by atoms with Gasteiger partial charge in [0.2, 0.25) is 10.0 Å². The van der Waals surface area contributed by atoms with Crippen LogP contribution in [0.15, 0.2) is 59.1 Å². The van der Waals surface area contributed by atoms with Gasteiger partial charge in [-0.3, -0.25) is 9.40 Å². The lowest BCUT2D eigenvalue weighted by Crippen LogP contribution is -2.16. The van der Waals surface area contributed by atoms with E-state index < -0.39 is 10.0 Å². The van der Waals surface area contributed by atoms with Crippen molar-refractivity contribution in [3.05, 3.63) is 81.6 Å². The van der Waals surface area contributed by atoms with Crippen molar-refractivity contribution in [2.24, 2.45) is 0 Å². The molecule has 0 saturated carbocycles. The van der Waals surface area contributed by atoms with Crippen LogP contribution in [0.3, 0.4) is 0 Å². The number of sulfonamides is 1. The second-order valence-corrected chi connectivity index (χ2v) is 8.81. The van der Waals surface area contributed by atoms with E-state index in [0.29, 0.717) is 17.9 Å². The first-order valence-corrected chi connectivity index (χ1v) is 10.6. The van der Waals surface area contributed by atoms with Crippen LogP contribution in [0.25, 0.3) is 0 Å². The van der Waals surface area contributed by atoms with Gasteiger partial charge in [-0.05, 0) is 37.1 Å². The minimum Gasteiger partial charge on any atom is -0.280 e. The molecule has 3 aromatic rings. The molecule has 1 N–H and O–H groups in total. The molecule has 0 spiro atoms. The minimum atomic E-state index is -3.51. The molecule has 136 valence electrons. The maximum Gasteiger partial charge on any atom is 0.237 e. The normalized spacial score (nSPS) is 11.5. The third-order valence-electron chi connectivity index (χ3n) is 4.08. The first-order valence-electron chi connectivity index (χ1n) is 8.17. The van der Waals surface area contributed by atoms with Crippen LogP contribution in [0.4, 0.5) is 5.69 Å². The molecule has 0 unspecified atom stereocenters. The fourth-order valence-electron chi connectivity index (χ4n) is 2.75. The summed E-state index contributed by atoms with van der Waals surface area (Å²) in [5.41, 5.74) is 3.85.